The molecule has 2 aromatic carbocycles. The van der Waals surface area contributed by atoms with Gasteiger partial charge in [-0.2, -0.15) is 0 Å². The van der Waals surface area contributed by atoms with Crippen molar-refractivity contribution in [3.63, 3.8) is 0 Å². The standard InChI is InChI=1S/C17H14Cl2N4O2/c1-10-2-7-13(8-14(10)19)20-15-21-16(24)22-17(25)23(15)9-11-3-5-12(18)6-4-11/h2-8H,9H2,1H3,(H2,20,21,22,24,25). The quantitative estimate of drug-likeness (QED) is 0.736. The largest absolute Gasteiger partial charge is 0.332 e. The Hall–Kier alpha value is -2.57. The van der Waals surface area contributed by atoms with Crippen LogP contribution in [0, 0.1) is 6.92 Å². The summed E-state index contributed by atoms with van der Waals surface area (Å²) in [6.07, 6.45) is 0. The Bertz CT molecular complexity index is 1100. The monoisotopic (exact) mass is 376 g/mol. The lowest BCUT2D eigenvalue weighted by Crippen LogP contribution is -2.44. The minimum absolute atomic E-state index is 0.128. The first-order valence-corrected chi connectivity index (χ1v) is 8.17. The topological polar surface area (TPSA) is 83.0 Å². The van der Waals surface area contributed by atoms with E-state index < -0.39 is 11.4 Å². The molecule has 0 fully saturated rings. The van der Waals surface area contributed by atoms with Gasteiger partial charge in [0.1, 0.15) is 0 Å². The summed E-state index contributed by atoms with van der Waals surface area (Å²) < 4.78 is 1.33. The predicted molar refractivity (Wildman–Crippen MR) is 97.6 cm³/mol. The Labute approximate surface area is 152 Å². The van der Waals surface area contributed by atoms with Gasteiger partial charge in [0.15, 0.2) is 0 Å². The number of aromatic nitrogens is 3. The van der Waals surface area contributed by atoms with Crippen LogP contribution in [-0.2, 0) is 6.54 Å². The highest BCUT2D eigenvalue weighted by Crippen LogP contribution is 2.21. The summed E-state index contributed by atoms with van der Waals surface area (Å²) in [5, 5.41) is 1.15. The number of aromatic amines is 2. The maximum atomic E-state index is 12.2. The van der Waals surface area contributed by atoms with Gasteiger partial charge in [-0.25, -0.2) is 14.6 Å². The van der Waals surface area contributed by atoms with Crippen LogP contribution in [0.3, 0.4) is 0 Å². The lowest BCUT2D eigenvalue weighted by atomic mass is 10.2. The summed E-state index contributed by atoms with van der Waals surface area (Å²) in [6, 6.07) is 12.3. The van der Waals surface area contributed by atoms with Gasteiger partial charge >= 0.3 is 11.4 Å². The van der Waals surface area contributed by atoms with Gasteiger partial charge in [-0.05, 0) is 42.3 Å². The van der Waals surface area contributed by atoms with Gasteiger partial charge in [-0.15, -0.1) is 0 Å². The third kappa shape index (κ3) is 4.10. The number of halogens is 2. The van der Waals surface area contributed by atoms with Gasteiger partial charge in [0.25, 0.3) is 0 Å². The molecule has 0 bridgehead atoms. The van der Waals surface area contributed by atoms with Gasteiger partial charge in [0, 0.05) is 10.0 Å². The van der Waals surface area contributed by atoms with Crippen molar-refractivity contribution >= 4 is 28.9 Å². The first kappa shape index (κ1) is 17.3. The second-order valence-electron chi connectivity index (χ2n) is 5.47. The zero-order valence-corrected chi connectivity index (χ0v) is 14.7. The van der Waals surface area contributed by atoms with E-state index >= 15 is 0 Å². The van der Waals surface area contributed by atoms with Crippen molar-refractivity contribution in [2.24, 2.45) is 4.99 Å². The van der Waals surface area contributed by atoms with Crippen LogP contribution in [0.1, 0.15) is 11.1 Å². The molecule has 0 radical (unpaired) electrons. The molecule has 0 aliphatic carbocycles. The van der Waals surface area contributed by atoms with E-state index in [1.54, 1.807) is 36.4 Å². The van der Waals surface area contributed by atoms with Crippen LogP contribution in [-0.4, -0.2) is 14.5 Å². The van der Waals surface area contributed by atoms with Crippen LogP contribution in [0.25, 0.3) is 0 Å². The highest BCUT2D eigenvalue weighted by atomic mass is 35.5. The third-order valence-electron chi connectivity index (χ3n) is 3.59. The Balaban J connectivity index is 2.13. The molecule has 0 saturated heterocycles. The predicted octanol–water partition coefficient (Wildman–Crippen LogP) is 2.76. The fraction of sp³-hybridized carbons (Fsp3) is 0.118. The molecular formula is C17H14Cl2N4O2. The fourth-order valence-corrected chi connectivity index (χ4v) is 2.54. The van der Waals surface area contributed by atoms with Gasteiger partial charge < -0.3 is 0 Å². The Morgan fingerprint density at radius 2 is 1.76 bits per heavy atom. The smallest absolute Gasteiger partial charge is 0.277 e. The second-order valence-corrected chi connectivity index (χ2v) is 6.31. The zero-order chi connectivity index (χ0) is 18.0. The lowest BCUT2D eigenvalue weighted by molar-refractivity contribution is 0.637. The van der Waals surface area contributed by atoms with Crippen LogP contribution in [0.5, 0.6) is 0 Å². The third-order valence-corrected chi connectivity index (χ3v) is 4.25. The minimum atomic E-state index is -0.630. The minimum Gasteiger partial charge on any atom is -0.277 e. The number of nitrogens with zero attached hydrogens (tertiary/aromatic N) is 2. The van der Waals surface area contributed by atoms with E-state index in [2.05, 4.69) is 15.0 Å². The van der Waals surface area contributed by atoms with Crippen molar-refractivity contribution in [1.82, 2.24) is 14.5 Å². The molecule has 3 aromatic rings. The zero-order valence-electron chi connectivity index (χ0n) is 13.2. The van der Waals surface area contributed by atoms with Crippen molar-refractivity contribution < 1.29 is 0 Å². The molecule has 1 aromatic heterocycles. The molecule has 0 saturated carbocycles. The van der Waals surface area contributed by atoms with Gasteiger partial charge in [0.2, 0.25) is 5.62 Å². The van der Waals surface area contributed by atoms with Crippen LogP contribution >= 0.6 is 23.2 Å². The van der Waals surface area contributed by atoms with Crippen LogP contribution in [0.15, 0.2) is 57.0 Å². The Morgan fingerprint density at radius 1 is 1.04 bits per heavy atom. The molecule has 1 heterocycles. The first-order chi connectivity index (χ1) is 11.9. The number of aryl methyl sites for hydroxylation is 1. The maximum Gasteiger partial charge on any atom is 0.332 e. The average Bonchev–Trinajstić information content (AvgIpc) is 2.56. The van der Waals surface area contributed by atoms with Crippen molar-refractivity contribution in [3.05, 3.63) is 90.2 Å². The summed E-state index contributed by atoms with van der Waals surface area (Å²) in [5.74, 6) is 0. The molecule has 0 aliphatic rings. The summed E-state index contributed by atoms with van der Waals surface area (Å²) in [4.78, 5) is 33.0. The molecule has 25 heavy (non-hydrogen) atoms. The Kier molecular flexibility index (Phi) is 4.92. The normalized spacial score (nSPS) is 11.7. The van der Waals surface area contributed by atoms with Gasteiger partial charge in [0.05, 0.1) is 12.2 Å². The molecule has 0 spiro atoms. The summed E-state index contributed by atoms with van der Waals surface area (Å²) in [6.45, 7) is 2.10. The summed E-state index contributed by atoms with van der Waals surface area (Å²) in [7, 11) is 0. The van der Waals surface area contributed by atoms with E-state index in [9.17, 15) is 9.59 Å². The molecule has 0 atom stereocenters. The fourth-order valence-electron chi connectivity index (χ4n) is 2.24. The summed E-state index contributed by atoms with van der Waals surface area (Å²) in [5.41, 5.74) is 1.22. The van der Waals surface area contributed by atoms with E-state index in [0.29, 0.717) is 15.7 Å². The second kappa shape index (κ2) is 7.13. The molecule has 0 unspecified atom stereocenters. The number of nitrogens with one attached hydrogen (secondary N) is 2. The first-order valence-electron chi connectivity index (χ1n) is 7.41. The van der Waals surface area contributed by atoms with E-state index in [1.165, 1.54) is 4.57 Å². The molecule has 3 rings (SSSR count). The number of H-pyrrole nitrogens is 2. The van der Waals surface area contributed by atoms with Gasteiger partial charge in [-0.3, -0.25) is 14.5 Å². The molecule has 128 valence electrons. The molecule has 2 N–H and O–H groups in total. The highest BCUT2D eigenvalue weighted by molar-refractivity contribution is 6.31. The van der Waals surface area contributed by atoms with Crippen molar-refractivity contribution in [3.8, 4) is 0 Å². The molecule has 6 nitrogen and oxygen atoms in total. The number of hydrogen-bond donors (Lipinski definition) is 2. The van der Waals surface area contributed by atoms with E-state index in [1.807, 2.05) is 13.0 Å². The number of benzene rings is 2. The maximum absolute atomic E-state index is 12.2. The van der Waals surface area contributed by atoms with E-state index in [0.717, 1.165) is 11.1 Å². The average molecular weight is 377 g/mol. The highest BCUT2D eigenvalue weighted by Gasteiger charge is 2.04. The van der Waals surface area contributed by atoms with Crippen LogP contribution < -0.4 is 17.0 Å². The Morgan fingerprint density at radius 3 is 2.44 bits per heavy atom. The SMILES string of the molecule is Cc1ccc(/N=c2\[nH]c(=O)[nH]c(=O)n2Cc2ccc(Cl)cc2)cc1Cl. The van der Waals surface area contributed by atoms with Crippen molar-refractivity contribution in [2.75, 3.05) is 0 Å². The molecule has 0 amide bonds. The van der Waals surface area contributed by atoms with Gasteiger partial charge in [-0.1, -0.05) is 41.4 Å². The van der Waals surface area contributed by atoms with E-state index in [4.69, 9.17) is 23.2 Å². The lowest BCUT2D eigenvalue weighted by Gasteiger charge is -2.06. The summed E-state index contributed by atoms with van der Waals surface area (Å²) >= 11 is 12.0. The number of rotatable bonds is 3. The molecule has 8 heteroatoms. The molecular weight excluding hydrogens is 363 g/mol. The van der Waals surface area contributed by atoms with Crippen molar-refractivity contribution in [1.29, 1.82) is 0 Å². The molecule has 0 aliphatic heterocycles. The number of hydrogen-bond acceptors (Lipinski definition) is 3. The van der Waals surface area contributed by atoms with Crippen LogP contribution in [0.4, 0.5) is 5.69 Å². The van der Waals surface area contributed by atoms with Crippen molar-refractivity contribution in [2.45, 2.75) is 13.5 Å². The van der Waals surface area contributed by atoms with Crippen LogP contribution in [0.2, 0.25) is 10.0 Å². The van der Waals surface area contributed by atoms with E-state index in [-0.39, 0.29) is 12.2 Å².